The van der Waals surface area contributed by atoms with Crippen molar-refractivity contribution >= 4 is 27.9 Å². The summed E-state index contributed by atoms with van der Waals surface area (Å²) in [6, 6.07) is 2.43. The van der Waals surface area contributed by atoms with Crippen LogP contribution in [0, 0.1) is 11.3 Å². The lowest BCUT2D eigenvalue weighted by Crippen LogP contribution is -2.35. The molecule has 1 aromatic rings. The van der Waals surface area contributed by atoms with Crippen molar-refractivity contribution < 1.29 is 4.79 Å². The number of thiophene rings is 1. The molecule has 5 N–H and O–H groups in total. The van der Waals surface area contributed by atoms with Gasteiger partial charge in [-0.25, -0.2) is 0 Å². The van der Waals surface area contributed by atoms with E-state index in [2.05, 4.69) is 22.0 Å². The van der Waals surface area contributed by atoms with Crippen molar-refractivity contribution in [1.29, 1.82) is 5.26 Å². The molecule has 0 radical (unpaired) electrons. The van der Waals surface area contributed by atoms with Gasteiger partial charge in [-0.1, -0.05) is 6.92 Å². The van der Waals surface area contributed by atoms with Gasteiger partial charge in [0.2, 0.25) is 0 Å². The topological polar surface area (TPSA) is 103 Å². The maximum absolute atomic E-state index is 12.1. The molecule has 0 unspecified atom stereocenters. The Morgan fingerprint density at radius 1 is 1.52 bits per heavy atom. The molecule has 6 nitrogen and oxygen atoms in total. The first-order chi connectivity index (χ1) is 10.2. The summed E-state index contributed by atoms with van der Waals surface area (Å²) >= 11 is 1.27. The molecule has 0 saturated carbocycles. The number of nitrogen functional groups attached to an aromatic ring is 1. The fourth-order valence-electron chi connectivity index (χ4n) is 2.30. The zero-order valence-electron chi connectivity index (χ0n) is 12.2. The Morgan fingerprint density at radius 3 is 2.86 bits per heavy atom. The second-order valence-electron chi connectivity index (χ2n) is 5.09. The predicted octanol–water partition coefficient (Wildman–Crippen LogP) is 1.51. The highest BCUT2D eigenvalue weighted by Crippen LogP contribution is 2.36. The highest BCUT2D eigenvalue weighted by molar-refractivity contribution is 7.19. The van der Waals surface area contributed by atoms with E-state index < -0.39 is 0 Å². The summed E-state index contributed by atoms with van der Waals surface area (Å²) in [5.41, 5.74) is 6.64. The molecule has 1 aliphatic rings. The van der Waals surface area contributed by atoms with Crippen LogP contribution in [0.15, 0.2) is 0 Å². The molecule has 0 atom stereocenters. The van der Waals surface area contributed by atoms with Crippen molar-refractivity contribution in [2.45, 2.75) is 32.2 Å². The van der Waals surface area contributed by atoms with Crippen molar-refractivity contribution in [2.75, 3.05) is 30.7 Å². The van der Waals surface area contributed by atoms with Crippen LogP contribution in [-0.2, 0) is 0 Å². The van der Waals surface area contributed by atoms with E-state index in [-0.39, 0.29) is 11.6 Å². The predicted molar refractivity (Wildman–Crippen MR) is 85.6 cm³/mol. The molecule has 7 heteroatoms. The molecule has 21 heavy (non-hydrogen) atoms. The minimum absolute atomic E-state index is 0.200. The first-order valence-electron chi connectivity index (χ1n) is 7.25. The summed E-state index contributed by atoms with van der Waals surface area (Å²) in [5.74, 6) is -0.200. The van der Waals surface area contributed by atoms with Crippen molar-refractivity contribution in [2.24, 2.45) is 0 Å². The molecule has 0 aromatic carbocycles. The number of piperidine rings is 1. The zero-order chi connectivity index (χ0) is 15.2. The Hall–Kier alpha value is -1.78. The summed E-state index contributed by atoms with van der Waals surface area (Å²) in [5, 5.41) is 19.5. The number of nitrogens with two attached hydrogens (primary N) is 1. The normalized spacial score (nSPS) is 15.4. The maximum Gasteiger partial charge on any atom is 0.263 e. The molecular formula is C14H21N5OS. The van der Waals surface area contributed by atoms with Crippen molar-refractivity contribution in [3.05, 3.63) is 10.4 Å². The molecule has 0 bridgehead atoms. The van der Waals surface area contributed by atoms with Gasteiger partial charge in [0.1, 0.15) is 21.5 Å². The lowest BCUT2D eigenvalue weighted by Gasteiger charge is -2.24. The van der Waals surface area contributed by atoms with Crippen LogP contribution in [0.1, 0.15) is 41.4 Å². The van der Waals surface area contributed by atoms with Crippen molar-refractivity contribution in [1.82, 2.24) is 10.6 Å². The summed E-state index contributed by atoms with van der Waals surface area (Å²) < 4.78 is 0. The molecule has 1 amide bonds. The van der Waals surface area contributed by atoms with E-state index in [0.717, 1.165) is 32.4 Å². The fraction of sp³-hybridized carbons (Fsp3) is 0.571. The summed E-state index contributed by atoms with van der Waals surface area (Å²) in [6.45, 7) is 4.52. The second kappa shape index (κ2) is 7.29. The van der Waals surface area contributed by atoms with Crippen LogP contribution >= 0.6 is 11.3 Å². The van der Waals surface area contributed by atoms with Crippen LogP contribution in [0.4, 0.5) is 10.7 Å². The van der Waals surface area contributed by atoms with Crippen molar-refractivity contribution in [3.8, 4) is 6.07 Å². The van der Waals surface area contributed by atoms with E-state index in [0.29, 0.717) is 28.0 Å². The Morgan fingerprint density at radius 2 is 2.24 bits per heavy atom. The van der Waals surface area contributed by atoms with Gasteiger partial charge in [0, 0.05) is 12.6 Å². The minimum atomic E-state index is -0.200. The summed E-state index contributed by atoms with van der Waals surface area (Å²) in [6.07, 6.45) is 2.86. The van der Waals surface area contributed by atoms with Gasteiger partial charge >= 0.3 is 0 Å². The Balaban J connectivity index is 2.17. The molecule has 0 aliphatic carbocycles. The highest BCUT2D eigenvalue weighted by atomic mass is 32.1. The first-order valence-corrected chi connectivity index (χ1v) is 8.06. The standard InChI is InChI=1S/C14H21N5OS/c1-2-5-18-13(20)12-11(16)10(8-15)14(21-12)19-9-3-6-17-7-4-9/h9,17,19H,2-7,16H2,1H3,(H,18,20). The molecule has 114 valence electrons. The quantitative estimate of drug-likeness (QED) is 0.660. The van der Waals surface area contributed by atoms with E-state index in [9.17, 15) is 10.1 Å². The van der Waals surface area contributed by atoms with Gasteiger partial charge in [-0.2, -0.15) is 5.26 Å². The van der Waals surface area contributed by atoms with E-state index >= 15 is 0 Å². The van der Waals surface area contributed by atoms with Crippen LogP contribution in [0.2, 0.25) is 0 Å². The number of nitriles is 1. The third-order valence-electron chi connectivity index (χ3n) is 3.47. The van der Waals surface area contributed by atoms with Crippen LogP contribution in [-0.4, -0.2) is 31.6 Å². The average Bonchev–Trinajstić information content (AvgIpc) is 2.81. The molecule has 0 spiro atoms. The number of nitrogens with one attached hydrogen (secondary N) is 3. The number of carbonyl (C=O) groups is 1. The number of carbonyl (C=O) groups excluding carboxylic acids is 1. The number of anilines is 2. The van der Waals surface area contributed by atoms with Gasteiger partial charge in [-0.15, -0.1) is 11.3 Å². The third-order valence-corrected chi connectivity index (χ3v) is 4.61. The van der Waals surface area contributed by atoms with Gasteiger partial charge in [0.05, 0.1) is 5.69 Å². The number of hydrogen-bond acceptors (Lipinski definition) is 6. The van der Waals surface area contributed by atoms with Crippen molar-refractivity contribution in [3.63, 3.8) is 0 Å². The summed E-state index contributed by atoms with van der Waals surface area (Å²) in [7, 11) is 0. The lowest BCUT2D eigenvalue weighted by molar-refractivity contribution is 0.0958. The Kier molecular flexibility index (Phi) is 5.42. The van der Waals surface area contributed by atoms with Crippen LogP contribution in [0.5, 0.6) is 0 Å². The molecule has 1 aliphatic heterocycles. The third kappa shape index (κ3) is 3.65. The number of nitrogens with zero attached hydrogens (tertiary/aromatic N) is 1. The minimum Gasteiger partial charge on any atom is -0.396 e. The first kappa shape index (κ1) is 15.6. The van der Waals surface area contributed by atoms with Gasteiger partial charge in [-0.3, -0.25) is 4.79 Å². The molecule has 2 rings (SSSR count). The summed E-state index contributed by atoms with van der Waals surface area (Å²) in [4.78, 5) is 12.5. The number of hydrogen-bond donors (Lipinski definition) is 4. The lowest BCUT2D eigenvalue weighted by atomic mass is 10.1. The molecule has 1 fully saturated rings. The van der Waals surface area contributed by atoms with Crippen LogP contribution in [0.25, 0.3) is 0 Å². The molecule has 2 heterocycles. The SMILES string of the molecule is CCCNC(=O)c1sc(NC2CCNCC2)c(C#N)c1N. The molecule has 1 saturated heterocycles. The van der Waals surface area contributed by atoms with E-state index in [1.54, 1.807) is 0 Å². The van der Waals surface area contributed by atoms with Gasteiger partial charge in [0.15, 0.2) is 0 Å². The van der Waals surface area contributed by atoms with Gasteiger partial charge in [-0.05, 0) is 32.4 Å². The number of amides is 1. The maximum atomic E-state index is 12.1. The van der Waals surface area contributed by atoms with Gasteiger partial charge < -0.3 is 21.7 Å². The Labute approximate surface area is 128 Å². The zero-order valence-corrected chi connectivity index (χ0v) is 13.0. The van der Waals surface area contributed by atoms with E-state index in [4.69, 9.17) is 5.73 Å². The van der Waals surface area contributed by atoms with Crippen LogP contribution < -0.4 is 21.7 Å². The fourth-order valence-corrected chi connectivity index (χ4v) is 3.36. The Bertz CT molecular complexity index is 542. The monoisotopic (exact) mass is 307 g/mol. The highest BCUT2D eigenvalue weighted by Gasteiger charge is 2.23. The van der Waals surface area contributed by atoms with E-state index in [1.165, 1.54) is 11.3 Å². The van der Waals surface area contributed by atoms with Crippen LogP contribution in [0.3, 0.4) is 0 Å². The van der Waals surface area contributed by atoms with Gasteiger partial charge in [0.25, 0.3) is 5.91 Å². The smallest absolute Gasteiger partial charge is 0.263 e. The second-order valence-corrected chi connectivity index (χ2v) is 6.11. The average molecular weight is 307 g/mol. The largest absolute Gasteiger partial charge is 0.396 e. The molecular weight excluding hydrogens is 286 g/mol. The molecule has 1 aromatic heterocycles. The number of rotatable bonds is 5. The van der Waals surface area contributed by atoms with E-state index in [1.807, 2.05) is 6.92 Å².